The molecule has 28 heavy (non-hydrogen) atoms. The van der Waals surface area contributed by atoms with Crippen molar-refractivity contribution in [2.45, 2.75) is 31.6 Å². The Labute approximate surface area is 171 Å². The average molecular weight is 423 g/mol. The summed E-state index contributed by atoms with van der Waals surface area (Å²) in [4.78, 5) is 21.3. The lowest BCUT2D eigenvalue weighted by molar-refractivity contribution is 0.0952. The van der Waals surface area contributed by atoms with E-state index in [1.165, 1.54) is 23.9 Å². The van der Waals surface area contributed by atoms with E-state index in [9.17, 15) is 9.18 Å². The molecule has 148 valence electrons. The first-order valence-electron chi connectivity index (χ1n) is 8.66. The molecular weight excluding hydrogens is 403 g/mol. The van der Waals surface area contributed by atoms with E-state index in [2.05, 4.69) is 25.7 Å². The minimum Gasteiger partial charge on any atom is -0.367 e. The standard InChI is InChI=1S/C18H20ClFN6OS/c1-10(2)23-15-13-9-22-26(16(13)25-18(24-15)28-3)7-6-21-17(27)12-5-4-11(20)8-14(12)19/h4-5,8-10H,6-7H2,1-3H3,(H,21,27)(H,23,24,25). The molecule has 3 aromatic rings. The van der Waals surface area contributed by atoms with Gasteiger partial charge in [-0.3, -0.25) is 4.79 Å². The van der Waals surface area contributed by atoms with E-state index in [1.54, 1.807) is 10.9 Å². The van der Waals surface area contributed by atoms with Gasteiger partial charge in [0.2, 0.25) is 0 Å². The number of nitrogens with zero attached hydrogens (tertiary/aromatic N) is 4. The molecule has 1 aromatic carbocycles. The first kappa shape index (κ1) is 20.3. The molecule has 0 aliphatic carbocycles. The van der Waals surface area contributed by atoms with Crippen LogP contribution in [-0.2, 0) is 6.54 Å². The predicted octanol–water partition coefficient (Wildman–Crippen LogP) is 3.59. The van der Waals surface area contributed by atoms with E-state index in [-0.39, 0.29) is 22.5 Å². The molecule has 0 radical (unpaired) electrons. The molecular formula is C18H20ClFN6OS. The van der Waals surface area contributed by atoms with Crippen LogP contribution in [0.3, 0.4) is 0 Å². The average Bonchev–Trinajstić information content (AvgIpc) is 3.04. The summed E-state index contributed by atoms with van der Waals surface area (Å²) in [5.41, 5.74) is 0.917. The van der Waals surface area contributed by atoms with Gasteiger partial charge in [0.1, 0.15) is 11.6 Å². The monoisotopic (exact) mass is 422 g/mol. The highest BCUT2D eigenvalue weighted by Crippen LogP contribution is 2.24. The highest BCUT2D eigenvalue weighted by Gasteiger charge is 2.14. The summed E-state index contributed by atoms with van der Waals surface area (Å²) in [7, 11) is 0. The second-order valence-electron chi connectivity index (χ2n) is 6.34. The van der Waals surface area contributed by atoms with Crippen molar-refractivity contribution in [1.82, 2.24) is 25.1 Å². The number of halogens is 2. The minimum absolute atomic E-state index is 0.0730. The molecule has 0 saturated heterocycles. The van der Waals surface area contributed by atoms with Crippen LogP contribution in [0.1, 0.15) is 24.2 Å². The Morgan fingerprint density at radius 2 is 2.14 bits per heavy atom. The van der Waals surface area contributed by atoms with E-state index in [0.29, 0.717) is 23.9 Å². The number of hydrogen-bond acceptors (Lipinski definition) is 6. The Bertz CT molecular complexity index is 1010. The lowest BCUT2D eigenvalue weighted by Crippen LogP contribution is -2.27. The molecule has 2 heterocycles. The van der Waals surface area contributed by atoms with Gasteiger partial charge >= 0.3 is 0 Å². The maximum absolute atomic E-state index is 13.1. The van der Waals surface area contributed by atoms with Crippen LogP contribution in [0, 0.1) is 5.82 Å². The smallest absolute Gasteiger partial charge is 0.252 e. The number of carbonyl (C=O) groups excluding carboxylic acids is 1. The Balaban J connectivity index is 1.74. The summed E-state index contributed by atoms with van der Waals surface area (Å²) >= 11 is 7.38. The summed E-state index contributed by atoms with van der Waals surface area (Å²) in [5, 5.41) is 12.0. The van der Waals surface area contributed by atoms with Crippen molar-refractivity contribution in [3.8, 4) is 0 Å². The van der Waals surface area contributed by atoms with E-state index in [1.807, 2.05) is 20.1 Å². The van der Waals surface area contributed by atoms with Gasteiger partial charge in [-0.1, -0.05) is 23.4 Å². The molecule has 0 saturated carbocycles. The summed E-state index contributed by atoms with van der Waals surface area (Å²) in [6.45, 7) is 4.80. The van der Waals surface area contributed by atoms with E-state index >= 15 is 0 Å². The molecule has 2 N–H and O–H groups in total. The third-order valence-electron chi connectivity index (χ3n) is 3.87. The van der Waals surface area contributed by atoms with Gasteiger partial charge in [0, 0.05) is 12.6 Å². The Morgan fingerprint density at radius 3 is 2.82 bits per heavy atom. The van der Waals surface area contributed by atoms with Gasteiger partial charge in [-0.15, -0.1) is 0 Å². The Morgan fingerprint density at radius 1 is 1.36 bits per heavy atom. The lowest BCUT2D eigenvalue weighted by atomic mass is 10.2. The van der Waals surface area contributed by atoms with Gasteiger partial charge in [-0.05, 0) is 38.3 Å². The molecule has 1 amide bonds. The SMILES string of the molecule is CSc1nc(NC(C)C)c2cnn(CCNC(=O)c3ccc(F)cc3Cl)c2n1. The van der Waals surface area contributed by atoms with Crippen molar-refractivity contribution in [1.29, 1.82) is 0 Å². The number of benzene rings is 1. The fourth-order valence-electron chi connectivity index (χ4n) is 2.62. The zero-order chi connectivity index (χ0) is 20.3. The van der Waals surface area contributed by atoms with Crippen LogP contribution in [0.2, 0.25) is 5.02 Å². The van der Waals surface area contributed by atoms with Crippen LogP contribution in [0.4, 0.5) is 10.2 Å². The number of rotatable bonds is 7. The highest BCUT2D eigenvalue weighted by molar-refractivity contribution is 7.98. The molecule has 0 unspecified atom stereocenters. The number of anilines is 1. The number of fused-ring (bicyclic) bond motifs is 1. The molecule has 0 atom stereocenters. The molecule has 7 nitrogen and oxygen atoms in total. The topological polar surface area (TPSA) is 84.7 Å². The number of thioether (sulfide) groups is 1. The quantitative estimate of drug-likeness (QED) is 0.447. The molecule has 0 fully saturated rings. The van der Waals surface area contributed by atoms with Crippen LogP contribution in [0.15, 0.2) is 29.6 Å². The Kier molecular flexibility index (Phi) is 6.35. The van der Waals surface area contributed by atoms with Crippen molar-refractivity contribution < 1.29 is 9.18 Å². The third kappa shape index (κ3) is 4.53. The summed E-state index contributed by atoms with van der Waals surface area (Å²) < 4.78 is 14.8. The number of amides is 1. The number of nitrogens with one attached hydrogen (secondary N) is 2. The molecule has 10 heteroatoms. The van der Waals surface area contributed by atoms with Gasteiger partial charge in [0.25, 0.3) is 5.91 Å². The van der Waals surface area contributed by atoms with Crippen molar-refractivity contribution in [2.24, 2.45) is 0 Å². The van der Waals surface area contributed by atoms with E-state index < -0.39 is 5.82 Å². The largest absolute Gasteiger partial charge is 0.367 e. The molecule has 0 bridgehead atoms. The van der Waals surface area contributed by atoms with Crippen LogP contribution in [-0.4, -0.2) is 44.5 Å². The van der Waals surface area contributed by atoms with Gasteiger partial charge in [-0.2, -0.15) is 5.10 Å². The lowest BCUT2D eigenvalue weighted by Gasteiger charge is -2.11. The van der Waals surface area contributed by atoms with Crippen molar-refractivity contribution in [3.63, 3.8) is 0 Å². The molecule has 0 aliphatic rings. The van der Waals surface area contributed by atoms with Crippen molar-refractivity contribution in [3.05, 3.63) is 40.8 Å². The second kappa shape index (κ2) is 8.74. The van der Waals surface area contributed by atoms with Crippen molar-refractivity contribution >= 4 is 46.1 Å². The van der Waals surface area contributed by atoms with Crippen LogP contribution in [0.5, 0.6) is 0 Å². The second-order valence-corrected chi connectivity index (χ2v) is 7.52. The van der Waals surface area contributed by atoms with E-state index in [4.69, 9.17) is 11.6 Å². The van der Waals surface area contributed by atoms with Gasteiger partial charge in [-0.25, -0.2) is 19.0 Å². The Hall–Kier alpha value is -2.39. The number of hydrogen-bond donors (Lipinski definition) is 2. The molecule has 3 rings (SSSR count). The van der Waals surface area contributed by atoms with Gasteiger partial charge < -0.3 is 10.6 Å². The predicted molar refractivity (Wildman–Crippen MR) is 110 cm³/mol. The molecule has 0 aliphatic heterocycles. The summed E-state index contributed by atoms with van der Waals surface area (Å²) in [6, 6.07) is 3.89. The van der Waals surface area contributed by atoms with Crippen LogP contribution < -0.4 is 10.6 Å². The highest BCUT2D eigenvalue weighted by atomic mass is 35.5. The summed E-state index contributed by atoms with van der Waals surface area (Å²) in [5.74, 6) is -0.125. The maximum Gasteiger partial charge on any atom is 0.252 e. The molecule has 0 spiro atoms. The first-order valence-corrected chi connectivity index (χ1v) is 10.3. The third-order valence-corrected chi connectivity index (χ3v) is 4.73. The van der Waals surface area contributed by atoms with Crippen LogP contribution >= 0.6 is 23.4 Å². The zero-order valence-electron chi connectivity index (χ0n) is 15.7. The maximum atomic E-state index is 13.1. The fourth-order valence-corrected chi connectivity index (χ4v) is 3.23. The van der Waals surface area contributed by atoms with Gasteiger partial charge in [0.05, 0.1) is 28.7 Å². The van der Waals surface area contributed by atoms with Crippen LogP contribution in [0.25, 0.3) is 11.0 Å². The number of carbonyl (C=O) groups is 1. The first-order chi connectivity index (χ1) is 13.4. The number of aromatic nitrogens is 4. The fraction of sp³-hybridized carbons (Fsp3) is 0.333. The van der Waals surface area contributed by atoms with Crippen molar-refractivity contribution in [2.75, 3.05) is 18.1 Å². The summed E-state index contributed by atoms with van der Waals surface area (Å²) in [6.07, 6.45) is 3.62. The molecule has 2 aromatic heterocycles. The zero-order valence-corrected chi connectivity index (χ0v) is 17.2. The van der Waals surface area contributed by atoms with Gasteiger partial charge in [0.15, 0.2) is 10.8 Å². The minimum atomic E-state index is -0.486. The van der Waals surface area contributed by atoms with E-state index in [0.717, 1.165) is 17.3 Å². The normalized spacial score (nSPS) is 11.2.